The van der Waals surface area contributed by atoms with Crippen molar-refractivity contribution < 1.29 is 4.79 Å². The summed E-state index contributed by atoms with van der Waals surface area (Å²) in [5, 5.41) is 2.97. The van der Waals surface area contributed by atoms with Crippen molar-refractivity contribution in [3.8, 4) is 0 Å². The Morgan fingerprint density at radius 2 is 1.85 bits per heavy atom. The van der Waals surface area contributed by atoms with Crippen molar-refractivity contribution in [1.29, 1.82) is 0 Å². The van der Waals surface area contributed by atoms with Gasteiger partial charge in [0.15, 0.2) is 0 Å². The van der Waals surface area contributed by atoms with E-state index in [1.54, 1.807) is 0 Å². The van der Waals surface area contributed by atoms with E-state index >= 15 is 0 Å². The summed E-state index contributed by atoms with van der Waals surface area (Å²) in [5.74, 6) is -0.0388. The molecule has 0 aromatic heterocycles. The second-order valence-corrected chi connectivity index (χ2v) is 5.44. The van der Waals surface area contributed by atoms with E-state index in [9.17, 15) is 4.79 Å². The zero-order chi connectivity index (χ0) is 15.0. The largest absolute Gasteiger partial charge is 0.392 e. The summed E-state index contributed by atoms with van der Waals surface area (Å²) in [6.07, 6.45) is 3.16. The molecule has 1 rings (SSSR count). The molecule has 0 saturated heterocycles. The highest BCUT2D eigenvalue weighted by Crippen LogP contribution is 2.27. The van der Waals surface area contributed by atoms with E-state index in [1.165, 1.54) is 5.56 Å². The third-order valence-electron chi connectivity index (χ3n) is 3.88. The van der Waals surface area contributed by atoms with Crippen LogP contribution < -0.4 is 11.1 Å². The Kier molecular flexibility index (Phi) is 6.65. The summed E-state index contributed by atoms with van der Waals surface area (Å²) in [6.45, 7) is 4.55. The molecule has 110 valence electrons. The first-order chi connectivity index (χ1) is 9.56. The average Bonchev–Trinajstić information content (AvgIpc) is 2.46. The van der Waals surface area contributed by atoms with E-state index < -0.39 is 5.41 Å². The van der Waals surface area contributed by atoms with Gasteiger partial charge in [0.25, 0.3) is 0 Å². The smallest absolute Gasteiger partial charge is 0.233 e. The molecule has 0 radical (unpaired) electrons. The van der Waals surface area contributed by atoms with Gasteiger partial charge >= 0.3 is 0 Å². The lowest BCUT2D eigenvalue weighted by atomic mass is 9.81. The normalized spacial score (nSPS) is 11.1. The third-order valence-corrected chi connectivity index (χ3v) is 4.27. The van der Waals surface area contributed by atoms with E-state index in [0.29, 0.717) is 24.4 Å². The van der Waals surface area contributed by atoms with Gasteiger partial charge in [0.1, 0.15) is 0 Å². The lowest BCUT2D eigenvalue weighted by Crippen LogP contribution is -2.48. The summed E-state index contributed by atoms with van der Waals surface area (Å²) in [5.41, 5.74) is 6.35. The van der Waals surface area contributed by atoms with Crippen molar-refractivity contribution >= 4 is 23.1 Å². The Labute approximate surface area is 126 Å². The van der Waals surface area contributed by atoms with Crippen LogP contribution in [0.2, 0.25) is 0 Å². The molecule has 1 amide bonds. The van der Waals surface area contributed by atoms with E-state index in [2.05, 4.69) is 17.4 Å². The number of amides is 1. The van der Waals surface area contributed by atoms with Gasteiger partial charge < -0.3 is 11.1 Å². The fourth-order valence-corrected chi connectivity index (χ4v) is 2.72. The standard InChI is InChI=1S/C16H24N2OS/c1-3-16(4-2,14(17)20)15(19)18-12-8-11-13-9-6-5-7-10-13/h5-7,9-10H,3-4,8,11-12H2,1-2H3,(H2,17,20)(H,18,19). The van der Waals surface area contributed by atoms with E-state index in [-0.39, 0.29) is 5.91 Å². The Morgan fingerprint density at radius 3 is 2.35 bits per heavy atom. The summed E-state index contributed by atoms with van der Waals surface area (Å²) in [6, 6.07) is 10.3. The Balaban J connectivity index is 2.44. The summed E-state index contributed by atoms with van der Waals surface area (Å²) < 4.78 is 0. The third kappa shape index (κ3) is 4.04. The van der Waals surface area contributed by atoms with Gasteiger partial charge in [-0.05, 0) is 31.2 Å². The van der Waals surface area contributed by atoms with Crippen LogP contribution in [0.4, 0.5) is 0 Å². The van der Waals surface area contributed by atoms with Crippen LogP contribution in [0.1, 0.15) is 38.7 Å². The van der Waals surface area contributed by atoms with Crippen molar-refractivity contribution in [3.05, 3.63) is 35.9 Å². The zero-order valence-electron chi connectivity index (χ0n) is 12.3. The second kappa shape index (κ2) is 8.00. The van der Waals surface area contributed by atoms with Crippen LogP contribution in [0.5, 0.6) is 0 Å². The van der Waals surface area contributed by atoms with Crippen molar-refractivity contribution in [3.63, 3.8) is 0 Å². The topological polar surface area (TPSA) is 55.1 Å². The van der Waals surface area contributed by atoms with Crippen LogP contribution in [0.25, 0.3) is 0 Å². The van der Waals surface area contributed by atoms with Crippen LogP contribution in [0.15, 0.2) is 30.3 Å². The second-order valence-electron chi connectivity index (χ2n) is 5.00. The lowest BCUT2D eigenvalue weighted by molar-refractivity contribution is -0.127. The van der Waals surface area contributed by atoms with Crippen molar-refractivity contribution in [1.82, 2.24) is 5.32 Å². The van der Waals surface area contributed by atoms with Crippen molar-refractivity contribution in [2.45, 2.75) is 39.5 Å². The van der Waals surface area contributed by atoms with Crippen LogP contribution in [-0.2, 0) is 11.2 Å². The monoisotopic (exact) mass is 292 g/mol. The first kappa shape index (κ1) is 16.6. The highest BCUT2D eigenvalue weighted by atomic mass is 32.1. The molecule has 3 nitrogen and oxygen atoms in total. The maximum Gasteiger partial charge on any atom is 0.233 e. The Morgan fingerprint density at radius 1 is 1.25 bits per heavy atom. The molecule has 1 aromatic carbocycles. The minimum atomic E-state index is -0.692. The van der Waals surface area contributed by atoms with Crippen LogP contribution >= 0.6 is 12.2 Å². The molecule has 3 N–H and O–H groups in total. The van der Waals surface area contributed by atoms with Crippen LogP contribution in [-0.4, -0.2) is 17.4 Å². The first-order valence-corrected chi connectivity index (χ1v) is 7.59. The van der Waals surface area contributed by atoms with Gasteiger partial charge in [0.2, 0.25) is 5.91 Å². The van der Waals surface area contributed by atoms with Crippen molar-refractivity contribution in [2.24, 2.45) is 11.1 Å². The van der Waals surface area contributed by atoms with Gasteiger partial charge in [0.05, 0.1) is 10.4 Å². The number of rotatable bonds is 8. The maximum absolute atomic E-state index is 12.3. The Hall–Kier alpha value is -1.42. The number of carbonyl (C=O) groups is 1. The minimum absolute atomic E-state index is 0.0388. The minimum Gasteiger partial charge on any atom is -0.392 e. The zero-order valence-corrected chi connectivity index (χ0v) is 13.1. The molecule has 0 bridgehead atoms. The molecular weight excluding hydrogens is 268 g/mol. The first-order valence-electron chi connectivity index (χ1n) is 7.19. The van der Waals surface area contributed by atoms with Gasteiger partial charge in [0, 0.05) is 6.54 Å². The molecule has 0 heterocycles. The van der Waals surface area contributed by atoms with Gasteiger partial charge in [-0.2, -0.15) is 0 Å². The number of hydrogen-bond acceptors (Lipinski definition) is 2. The molecule has 0 unspecified atom stereocenters. The number of aryl methyl sites for hydroxylation is 1. The molecule has 0 aliphatic rings. The van der Waals surface area contributed by atoms with E-state index in [4.69, 9.17) is 18.0 Å². The summed E-state index contributed by atoms with van der Waals surface area (Å²) in [7, 11) is 0. The molecule has 1 aromatic rings. The molecule has 0 spiro atoms. The number of thiocarbonyl (C=S) groups is 1. The lowest BCUT2D eigenvalue weighted by Gasteiger charge is -2.28. The van der Waals surface area contributed by atoms with Crippen molar-refractivity contribution in [2.75, 3.05) is 6.54 Å². The molecule has 0 saturated carbocycles. The molecule has 20 heavy (non-hydrogen) atoms. The van der Waals surface area contributed by atoms with Gasteiger partial charge in [-0.25, -0.2) is 0 Å². The number of nitrogens with one attached hydrogen (secondary N) is 1. The van der Waals surface area contributed by atoms with Gasteiger partial charge in [-0.15, -0.1) is 0 Å². The predicted octanol–water partition coefficient (Wildman–Crippen LogP) is 2.83. The quantitative estimate of drug-likeness (QED) is 0.572. The summed E-state index contributed by atoms with van der Waals surface area (Å²) in [4.78, 5) is 12.6. The molecule has 0 fully saturated rings. The van der Waals surface area contributed by atoms with Gasteiger partial charge in [-0.1, -0.05) is 56.4 Å². The highest BCUT2D eigenvalue weighted by Gasteiger charge is 2.37. The Bertz CT molecular complexity index is 441. The molecule has 4 heteroatoms. The maximum atomic E-state index is 12.3. The van der Waals surface area contributed by atoms with Crippen LogP contribution in [0.3, 0.4) is 0 Å². The van der Waals surface area contributed by atoms with Gasteiger partial charge in [-0.3, -0.25) is 4.79 Å². The average molecular weight is 292 g/mol. The van der Waals surface area contributed by atoms with E-state index in [1.807, 2.05) is 32.0 Å². The number of benzene rings is 1. The molecular formula is C16H24N2OS. The molecule has 0 atom stereocenters. The van der Waals surface area contributed by atoms with Crippen LogP contribution in [0, 0.1) is 5.41 Å². The number of carbonyl (C=O) groups excluding carboxylic acids is 1. The highest BCUT2D eigenvalue weighted by molar-refractivity contribution is 7.80. The molecule has 0 aliphatic carbocycles. The number of hydrogen-bond donors (Lipinski definition) is 2. The van der Waals surface area contributed by atoms with E-state index in [0.717, 1.165) is 12.8 Å². The fourth-order valence-electron chi connectivity index (χ4n) is 2.34. The predicted molar refractivity (Wildman–Crippen MR) is 87.6 cm³/mol. The number of nitrogens with two attached hydrogens (primary N) is 1. The summed E-state index contributed by atoms with van der Waals surface area (Å²) >= 11 is 5.08. The molecule has 0 aliphatic heterocycles. The fraction of sp³-hybridized carbons (Fsp3) is 0.500. The SMILES string of the molecule is CCC(CC)(C(=O)NCCCc1ccccc1)C(N)=S.